The number of nitrogens with one attached hydrogen (secondary N) is 2. The average Bonchev–Trinajstić information content (AvgIpc) is 3.16. The van der Waals surface area contributed by atoms with Crippen LogP contribution in [-0.4, -0.2) is 22.6 Å². The maximum Gasteiger partial charge on any atom is 0.268 e. The van der Waals surface area contributed by atoms with Crippen LogP contribution in [0.2, 0.25) is 0 Å². The molecule has 0 saturated heterocycles. The molecule has 3 aromatic carbocycles. The molecule has 0 radical (unpaired) electrons. The van der Waals surface area contributed by atoms with Crippen molar-refractivity contribution in [3.05, 3.63) is 83.8 Å². The summed E-state index contributed by atoms with van der Waals surface area (Å²) in [5.41, 5.74) is 3.25. The van der Waals surface area contributed by atoms with Crippen molar-refractivity contribution in [3.63, 3.8) is 0 Å². The molecule has 4 rings (SSSR count). The molecule has 31 heavy (non-hydrogen) atoms. The SMILES string of the molecule is CCCOc1ccc(CNC(=O)c2[nH]c3ccc(F)cc3c2-c2ccccc2)cc1O. The number of phenolic OH excluding ortho intramolecular Hbond substituents is 1. The van der Waals surface area contributed by atoms with E-state index in [1.54, 1.807) is 24.3 Å². The molecule has 1 aromatic heterocycles. The summed E-state index contributed by atoms with van der Waals surface area (Å²) in [4.78, 5) is 16.2. The molecule has 0 aliphatic rings. The normalized spacial score (nSPS) is 10.9. The number of hydrogen-bond donors (Lipinski definition) is 3. The van der Waals surface area contributed by atoms with Crippen molar-refractivity contribution >= 4 is 16.8 Å². The second kappa shape index (κ2) is 8.92. The predicted molar refractivity (Wildman–Crippen MR) is 119 cm³/mol. The Hall–Kier alpha value is -3.80. The lowest BCUT2D eigenvalue weighted by molar-refractivity contribution is 0.0947. The van der Waals surface area contributed by atoms with Gasteiger partial charge in [0.25, 0.3) is 5.91 Å². The van der Waals surface area contributed by atoms with Gasteiger partial charge in [0.2, 0.25) is 0 Å². The van der Waals surface area contributed by atoms with E-state index in [2.05, 4.69) is 10.3 Å². The summed E-state index contributed by atoms with van der Waals surface area (Å²) in [5.74, 6) is -0.232. The maximum absolute atomic E-state index is 13.9. The van der Waals surface area contributed by atoms with Crippen molar-refractivity contribution in [2.45, 2.75) is 19.9 Å². The van der Waals surface area contributed by atoms with Gasteiger partial charge < -0.3 is 20.1 Å². The standard InChI is InChI=1S/C25H23FN2O3/c1-2-12-31-22-11-8-16(13-21(22)29)15-27-25(30)24-23(17-6-4-3-5-7-17)19-14-18(26)9-10-20(19)28-24/h3-11,13-14,28-29H,2,12,15H2,1H3,(H,27,30). The van der Waals surface area contributed by atoms with Gasteiger partial charge in [-0.05, 0) is 47.9 Å². The van der Waals surface area contributed by atoms with Crippen LogP contribution in [-0.2, 0) is 6.54 Å². The zero-order valence-electron chi connectivity index (χ0n) is 17.1. The van der Waals surface area contributed by atoms with Crippen LogP contribution in [0.3, 0.4) is 0 Å². The summed E-state index contributed by atoms with van der Waals surface area (Å²) < 4.78 is 19.4. The highest BCUT2D eigenvalue weighted by Crippen LogP contribution is 2.33. The zero-order chi connectivity index (χ0) is 21.8. The Morgan fingerprint density at radius 1 is 1.10 bits per heavy atom. The Morgan fingerprint density at radius 2 is 1.90 bits per heavy atom. The van der Waals surface area contributed by atoms with Gasteiger partial charge in [-0.25, -0.2) is 4.39 Å². The van der Waals surface area contributed by atoms with Gasteiger partial charge in [0.1, 0.15) is 11.5 Å². The van der Waals surface area contributed by atoms with E-state index < -0.39 is 0 Å². The minimum Gasteiger partial charge on any atom is -0.504 e. The smallest absolute Gasteiger partial charge is 0.268 e. The molecule has 0 aliphatic carbocycles. The van der Waals surface area contributed by atoms with Gasteiger partial charge in [-0.15, -0.1) is 0 Å². The lowest BCUT2D eigenvalue weighted by atomic mass is 10.0. The van der Waals surface area contributed by atoms with E-state index in [0.717, 1.165) is 17.5 Å². The van der Waals surface area contributed by atoms with E-state index in [0.29, 0.717) is 34.5 Å². The molecule has 3 N–H and O–H groups in total. The van der Waals surface area contributed by atoms with Crippen LogP contribution in [0.1, 0.15) is 29.4 Å². The highest BCUT2D eigenvalue weighted by atomic mass is 19.1. The van der Waals surface area contributed by atoms with Crippen molar-refractivity contribution in [1.82, 2.24) is 10.3 Å². The van der Waals surface area contributed by atoms with Crippen LogP contribution in [0.5, 0.6) is 11.5 Å². The molecule has 1 amide bonds. The first-order valence-corrected chi connectivity index (χ1v) is 10.2. The number of aromatic amines is 1. The first kappa shape index (κ1) is 20.5. The zero-order valence-corrected chi connectivity index (χ0v) is 17.1. The molecule has 1 heterocycles. The number of rotatable bonds is 7. The van der Waals surface area contributed by atoms with E-state index in [9.17, 15) is 14.3 Å². The highest BCUT2D eigenvalue weighted by molar-refractivity contribution is 6.09. The molecule has 0 bridgehead atoms. The van der Waals surface area contributed by atoms with E-state index >= 15 is 0 Å². The summed E-state index contributed by atoms with van der Waals surface area (Å²) in [6.45, 7) is 2.73. The number of ether oxygens (including phenoxy) is 1. The van der Waals surface area contributed by atoms with Crippen LogP contribution in [0, 0.1) is 5.82 Å². The van der Waals surface area contributed by atoms with E-state index in [4.69, 9.17) is 4.74 Å². The lowest BCUT2D eigenvalue weighted by Gasteiger charge is -2.10. The van der Waals surface area contributed by atoms with Crippen LogP contribution >= 0.6 is 0 Å². The molecule has 6 heteroatoms. The number of aromatic nitrogens is 1. The number of phenols is 1. The number of carbonyl (C=O) groups excluding carboxylic acids is 1. The second-order valence-corrected chi connectivity index (χ2v) is 7.26. The molecule has 0 atom stereocenters. The maximum atomic E-state index is 13.9. The van der Waals surface area contributed by atoms with Crippen molar-refractivity contribution in [1.29, 1.82) is 0 Å². The minimum atomic E-state index is -0.364. The largest absolute Gasteiger partial charge is 0.504 e. The number of fused-ring (bicyclic) bond motifs is 1. The molecule has 0 spiro atoms. The number of carbonyl (C=O) groups is 1. The summed E-state index contributed by atoms with van der Waals surface area (Å²) >= 11 is 0. The molecule has 0 aliphatic heterocycles. The highest BCUT2D eigenvalue weighted by Gasteiger charge is 2.19. The molecular formula is C25H23FN2O3. The van der Waals surface area contributed by atoms with Crippen LogP contribution in [0.4, 0.5) is 4.39 Å². The number of aromatic hydroxyl groups is 1. The Morgan fingerprint density at radius 3 is 2.65 bits per heavy atom. The number of benzene rings is 3. The summed E-state index contributed by atoms with van der Waals surface area (Å²) in [6, 6.07) is 18.9. The monoisotopic (exact) mass is 418 g/mol. The number of amides is 1. The quantitative estimate of drug-likeness (QED) is 0.376. The van der Waals surface area contributed by atoms with Crippen LogP contribution < -0.4 is 10.1 Å². The second-order valence-electron chi connectivity index (χ2n) is 7.26. The number of H-pyrrole nitrogens is 1. The first-order valence-electron chi connectivity index (χ1n) is 10.2. The van der Waals surface area contributed by atoms with Gasteiger partial charge in [0, 0.05) is 23.0 Å². The van der Waals surface area contributed by atoms with Gasteiger partial charge in [-0.3, -0.25) is 4.79 Å². The van der Waals surface area contributed by atoms with Gasteiger partial charge >= 0.3 is 0 Å². The number of hydrogen-bond acceptors (Lipinski definition) is 3. The topological polar surface area (TPSA) is 74.3 Å². The molecule has 4 aromatic rings. The third-order valence-electron chi connectivity index (χ3n) is 4.99. The predicted octanol–water partition coefficient (Wildman–Crippen LogP) is 5.40. The van der Waals surface area contributed by atoms with Crippen molar-refractivity contribution in [3.8, 4) is 22.6 Å². The number of halogens is 1. The fourth-order valence-corrected chi connectivity index (χ4v) is 3.52. The fourth-order valence-electron chi connectivity index (χ4n) is 3.52. The summed E-state index contributed by atoms with van der Waals surface area (Å²) in [5, 5.41) is 13.7. The van der Waals surface area contributed by atoms with Gasteiger partial charge in [0.15, 0.2) is 11.5 Å². The van der Waals surface area contributed by atoms with Crippen molar-refractivity contribution in [2.75, 3.05) is 6.61 Å². The van der Waals surface area contributed by atoms with Gasteiger partial charge in [0.05, 0.1) is 6.61 Å². The summed E-state index contributed by atoms with van der Waals surface area (Å²) in [6.07, 6.45) is 0.843. The molecule has 0 unspecified atom stereocenters. The Kier molecular flexibility index (Phi) is 5.89. The lowest BCUT2D eigenvalue weighted by Crippen LogP contribution is -2.23. The fraction of sp³-hybridized carbons (Fsp3) is 0.160. The van der Waals surface area contributed by atoms with E-state index in [1.807, 2.05) is 37.3 Å². The van der Waals surface area contributed by atoms with Crippen LogP contribution in [0.25, 0.3) is 22.0 Å². The molecule has 0 saturated carbocycles. The molecule has 5 nitrogen and oxygen atoms in total. The Labute approximate surface area is 179 Å². The third-order valence-corrected chi connectivity index (χ3v) is 4.99. The van der Waals surface area contributed by atoms with Crippen LogP contribution in [0.15, 0.2) is 66.7 Å². The first-order chi connectivity index (χ1) is 15.1. The van der Waals surface area contributed by atoms with Crippen molar-refractivity contribution < 1.29 is 19.0 Å². The molecule has 158 valence electrons. The minimum absolute atomic E-state index is 0.0336. The Balaban J connectivity index is 1.60. The molecular weight excluding hydrogens is 395 g/mol. The summed E-state index contributed by atoms with van der Waals surface area (Å²) in [7, 11) is 0. The Bertz CT molecular complexity index is 1220. The molecule has 0 fully saturated rings. The van der Waals surface area contributed by atoms with E-state index in [-0.39, 0.29) is 24.0 Å². The third kappa shape index (κ3) is 4.38. The average molecular weight is 418 g/mol. The van der Waals surface area contributed by atoms with Gasteiger partial charge in [-0.1, -0.05) is 43.3 Å². The van der Waals surface area contributed by atoms with E-state index in [1.165, 1.54) is 12.1 Å². The van der Waals surface area contributed by atoms with Crippen molar-refractivity contribution in [2.24, 2.45) is 0 Å². The van der Waals surface area contributed by atoms with Gasteiger partial charge in [-0.2, -0.15) is 0 Å².